The van der Waals surface area contributed by atoms with Gasteiger partial charge in [-0.2, -0.15) is 0 Å². The molecule has 1 rings (SSSR count). The van der Waals surface area contributed by atoms with Gasteiger partial charge in [0.15, 0.2) is 17.3 Å². The van der Waals surface area contributed by atoms with Crippen molar-refractivity contribution in [2.24, 2.45) is 0 Å². The number of rotatable bonds is 4. The number of Topliss-reactive ketones (excluding diaryl/α,β-unsaturated/α-hetero) is 1. The third kappa shape index (κ3) is 2.86. The van der Waals surface area contributed by atoms with Crippen molar-refractivity contribution < 1.29 is 14.6 Å². The zero-order valence-electron chi connectivity index (χ0n) is 9.78. The van der Waals surface area contributed by atoms with Gasteiger partial charge in [0.2, 0.25) is 0 Å². The smallest absolute Gasteiger partial charge is 0.170 e. The first-order chi connectivity index (χ1) is 7.56. The minimum absolute atomic E-state index is 0.0860. The summed E-state index contributed by atoms with van der Waals surface area (Å²) in [6, 6.07) is 4.90. The summed E-state index contributed by atoms with van der Waals surface area (Å²) in [6.45, 7) is 3.86. The minimum atomic E-state index is -0.113. The van der Waals surface area contributed by atoms with Gasteiger partial charge in [0.25, 0.3) is 0 Å². The summed E-state index contributed by atoms with van der Waals surface area (Å²) in [5.41, 5.74) is 1.38. The second-order valence-corrected chi connectivity index (χ2v) is 3.77. The van der Waals surface area contributed by atoms with Crippen LogP contribution in [0.1, 0.15) is 30.6 Å². The highest BCUT2D eigenvalue weighted by molar-refractivity contribution is 6.00. The molecular formula is C13H16O3. The molecule has 1 aromatic carbocycles. The molecule has 0 unspecified atom stereocenters. The van der Waals surface area contributed by atoms with E-state index in [1.165, 1.54) is 7.11 Å². The standard InChI is InChI=1S/C13H16O3/c1-9(2)7-8-11(14)10-5-4-6-12(16-3)13(10)15/h4-7,15H,8H2,1-3H3. The number of ether oxygens (including phenoxy) is 1. The molecule has 0 saturated heterocycles. The lowest BCUT2D eigenvalue weighted by Crippen LogP contribution is -1.99. The lowest BCUT2D eigenvalue weighted by molar-refractivity contribution is 0.0992. The zero-order chi connectivity index (χ0) is 12.1. The average molecular weight is 220 g/mol. The van der Waals surface area contributed by atoms with E-state index in [0.29, 0.717) is 17.7 Å². The molecule has 0 amide bonds. The van der Waals surface area contributed by atoms with E-state index in [1.54, 1.807) is 18.2 Å². The Morgan fingerprint density at radius 3 is 2.69 bits per heavy atom. The molecule has 3 heteroatoms. The highest BCUT2D eigenvalue weighted by Crippen LogP contribution is 2.30. The number of aromatic hydroxyl groups is 1. The maximum atomic E-state index is 11.8. The molecule has 0 heterocycles. The number of methoxy groups -OCH3 is 1. The van der Waals surface area contributed by atoms with E-state index in [2.05, 4.69) is 0 Å². The maximum Gasteiger partial charge on any atom is 0.170 e. The van der Waals surface area contributed by atoms with Crippen LogP contribution in [0.15, 0.2) is 29.8 Å². The van der Waals surface area contributed by atoms with Gasteiger partial charge in [-0.1, -0.05) is 17.7 Å². The van der Waals surface area contributed by atoms with Gasteiger partial charge >= 0.3 is 0 Å². The highest BCUT2D eigenvalue weighted by Gasteiger charge is 2.13. The van der Waals surface area contributed by atoms with Crippen LogP contribution >= 0.6 is 0 Å². The van der Waals surface area contributed by atoms with Crippen LogP contribution in [0.4, 0.5) is 0 Å². The summed E-state index contributed by atoms with van der Waals surface area (Å²) in [6.07, 6.45) is 2.13. The predicted octanol–water partition coefficient (Wildman–Crippen LogP) is 2.94. The molecule has 3 nitrogen and oxygen atoms in total. The van der Waals surface area contributed by atoms with Gasteiger partial charge in [-0.05, 0) is 26.0 Å². The van der Waals surface area contributed by atoms with Crippen LogP contribution < -0.4 is 4.74 Å². The van der Waals surface area contributed by atoms with Crippen LogP contribution in [-0.4, -0.2) is 18.0 Å². The van der Waals surface area contributed by atoms with E-state index in [9.17, 15) is 9.90 Å². The van der Waals surface area contributed by atoms with E-state index in [4.69, 9.17) is 4.74 Å². The number of allylic oxidation sites excluding steroid dienone is 2. The molecule has 86 valence electrons. The molecule has 0 aliphatic heterocycles. The number of phenolic OH excluding ortho intramolecular Hbond substituents is 1. The molecule has 0 spiro atoms. The molecule has 0 radical (unpaired) electrons. The molecular weight excluding hydrogens is 204 g/mol. The maximum absolute atomic E-state index is 11.8. The van der Waals surface area contributed by atoms with Gasteiger partial charge in [-0.15, -0.1) is 0 Å². The number of para-hydroxylation sites is 1. The Morgan fingerprint density at radius 1 is 1.44 bits per heavy atom. The van der Waals surface area contributed by atoms with Crippen molar-refractivity contribution in [3.8, 4) is 11.5 Å². The molecule has 0 atom stereocenters. The second kappa shape index (κ2) is 5.35. The molecule has 0 bridgehead atoms. The summed E-state index contributed by atoms with van der Waals surface area (Å²) in [4.78, 5) is 11.8. The third-order valence-corrected chi connectivity index (χ3v) is 2.22. The minimum Gasteiger partial charge on any atom is -0.504 e. The average Bonchev–Trinajstić information content (AvgIpc) is 2.26. The third-order valence-electron chi connectivity index (χ3n) is 2.22. The number of hydrogen-bond acceptors (Lipinski definition) is 3. The molecule has 0 aliphatic carbocycles. The van der Waals surface area contributed by atoms with Crippen molar-refractivity contribution >= 4 is 5.78 Å². The normalized spacial score (nSPS) is 9.69. The van der Waals surface area contributed by atoms with E-state index >= 15 is 0 Å². The number of benzene rings is 1. The van der Waals surface area contributed by atoms with Crippen LogP contribution in [0.2, 0.25) is 0 Å². The Hall–Kier alpha value is -1.77. The fourth-order valence-electron chi connectivity index (χ4n) is 1.32. The van der Waals surface area contributed by atoms with Crippen molar-refractivity contribution in [2.75, 3.05) is 7.11 Å². The molecule has 16 heavy (non-hydrogen) atoms. The van der Waals surface area contributed by atoms with Gasteiger partial charge < -0.3 is 9.84 Å². The van der Waals surface area contributed by atoms with E-state index in [0.717, 1.165) is 5.57 Å². The van der Waals surface area contributed by atoms with Crippen molar-refractivity contribution in [3.05, 3.63) is 35.4 Å². The lowest BCUT2D eigenvalue weighted by atomic mass is 10.1. The van der Waals surface area contributed by atoms with E-state index < -0.39 is 0 Å². The first-order valence-electron chi connectivity index (χ1n) is 5.08. The van der Waals surface area contributed by atoms with Crippen LogP contribution in [0.3, 0.4) is 0 Å². The van der Waals surface area contributed by atoms with Crippen LogP contribution in [0.5, 0.6) is 11.5 Å². The van der Waals surface area contributed by atoms with Crippen LogP contribution in [0.25, 0.3) is 0 Å². The first-order valence-corrected chi connectivity index (χ1v) is 5.08. The Labute approximate surface area is 95.4 Å². The van der Waals surface area contributed by atoms with E-state index in [1.807, 2.05) is 19.9 Å². The number of hydrogen-bond donors (Lipinski definition) is 1. The van der Waals surface area contributed by atoms with Gasteiger partial charge in [0.05, 0.1) is 12.7 Å². The molecule has 0 saturated carbocycles. The highest BCUT2D eigenvalue weighted by atomic mass is 16.5. The molecule has 0 aliphatic rings. The topological polar surface area (TPSA) is 46.5 Å². The number of phenols is 1. The quantitative estimate of drug-likeness (QED) is 0.626. The van der Waals surface area contributed by atoms with Gasteiger partial charge in [0.1, 0.15) is 0 Å². The Bertz CT molecular complexity index is 415. The number of carbonyl (C=O) groups excluding carboxylic acids is 1. The summed E-state index contributed by atoms with van der Waals surface area (Å²) in [5, 5.41) is 9.76. The van der Waals surface area contributed by atoms with Crippen molar-refractivity contribution in [1.82, 2.24) is 0 Å². The van der Waals surface area contributed by atoms with Gasteiger partial charge in [0, 0.05) is 6.42 Å². The fourth-order valence-corrected chi connectivity index (χ4v) is 1.32. The summed E-state index contributed by atoms with van der Waals surface area (Å²) >= 11 is 0. The molecule has 1 aromatic rings. The Balaban J connectivity index is 2.96. The van der Waals surface area contributed by atoms with Crippen LogP contribution in [-0.2, 0) is 0 Å². The van der Waals surface area contributed by atoms with Crippen molar-refractivity contribution in [3.63, 3.8) is 0 Å². The van der Waals surface area contributed by atoms with Gasteiger partial charge in [-0.25, -0.2) is 0 Å². The zero-order valence-corrected chi connectivity index (χ0v) is 9.78. The monoisotopic (exact) mass is 220 g/mol. The van der Waals surface area contributed by atoms with Crippen LogP contribution in [0, 0.1) is 0 Å². The van der Waals surface area contributed by atoms with Crippen molar-refractivity contribution in [1.29, 1.82) is 0 Å². The summed E-state index contributed by atoms with van der Waals surface area (Å²) < 4.78 is 4.94. The molecule has 1 N–H and O–H groups in total. The van der Waals surface area contributed by atoms with Crippen molar-refractivity contribution in [2.45, 2.75) is 20.3 Å². The fraction of sp³-hybridized carbons (Fsp3) is 0.308. The summed E-state index contributed by atoms with van der Waals surface area (Å²) in [7, 11) is 1.46. The van der Waals surface area contributed by atoms with Gasteiger partial charge in [-0.3, -0.25) is 4.79 Å². The molecule has 0 aromatic heterocycles. The SMILES string of the molecule is COc1cccc(C(=O)CC=C(C)C)c1O. The first kappa shape index (κ1) is 12.3. The number of ketones is 1. The Kier molecular flexibility index (Phi) is 4.11. The van der Waals surface area contributed by atoms with E-state index in [-0.39, 0.29) is 11.5 Å². The second-order valence-electron chi connectivity index (χ2n) is 3.77. The lowest BCUT2D eigenvalue weighted by Gasteiger charge is -2.06. The number of carbonyl (C=O) groups is 1. The predicted molar refractivity (Wildman–Crippen MR) is 63.0 cm³/mol. The summed E-state index contributed by atoms with van der Waals surface area (Å²) in [5.74, 6) is 0.123. The molecule has 0 fully saturated rings. The Morgan fingerprint density at radius 2 is 2.12 bits per heavy atom. The largest absolute Gasteiger partial charge is 0.504 e.